The first-order valence-electron chi connectivity index (χ1n) is 7.57. The molecule has 0 atom stereocenters. The average Bonchev–Trinajstić information content (AvgIpc) is 3.07. The van der Waals surface area contributed by atoms with Gasteiger partial charge in [0.15, 0.2) is 11.6 Å². The van der Waals surface area contributed by atoms with Gasteiger partial charge in [-0.1, -0.05) is 16.8 Å². The lowest BCUT2D eigenvalue weighted by Crippen LogP contribution is -1.95. The molecule has 0 spiro atoms. The second kappa shape index (κ2) is 5.42. The first-order valence-corrected chi connectivity index (χ1v) is 7.95. The maximum absolute atomic E-state index is 15.3. The maximum atomic E-state index is 15.3. The van der Waals surface area contributed by atoms with Crippen molar-refractivity contribution in [2.75, 3.05) is 7.11 Å². The van der Waals surface area contributed by atoms with E-state index in [0.29, 0.717) is 50.3 Å². The number of rotatable bonds is 2. The van der Waals surface area contributed by atoms with Gasteiger partial charge in [-0.2, -0.15) is 0 Å². The van der Waals surface area contributed by atoms with Crippen molar-refractivity contribution >= 4 is 33.5 Å². The van der Waals surface area contributed by atoms with Crippen molar-refractivity contribution in [3.05, 3.63) is 34.3 Å². The quantitative estimate of drug-likeness (QED) is 0.533. The third-order valence-corrected chi connectivity index (χ3v) is 4.48. The molecule has 0 bridgehead atoms. The van der Waals surface area contributed by atoms with Crippen LogP contribution >= 0.6 is 11.6 Å². The Kier molecular flexibility index (Phi) is 3.43. The summed E-state index contributed by atoms with van der Waals surface area (Å²) in [6.07, 6.45) is 0. The molecule has 3 heterocycles. The largest absolute Gasteiger partial charge is 0.493 e. The van der Waals surface area contributed by atoms with Gasteiger partial charge < -0.3 is 14.2 Å². The van der Waals surface area contributed by atoms with Crippen LogP contribution in [-0.4, -0.2) is 27.2 Å². The van der Waals surface area contributed by atoms with Crippen LogP contribution in [0.1, 0.15) is 17.3 Å². The van der Waals surface area contributed by atoms with Crippen molar-refractivity contribution in [2.45, 2.75) is 20.8 Å². The fraction of sp³-hybridized carbons (Fsp3) is 0.235. The number of aromatic amines is 1. The Hall–Kier alpha value is -2.67. The number of aromatic nitrogens is 4. The standard InChI is InChI=1S/C17H14ClFN4O2/c1-6-11(7(2)25-23-6)9-5-10-12(14(19)15(9)24-4)13-16(18)20-8(3)21-17(13)22-10/h5H,1-4H3,(H,20,21,22). The van der Waals surface area contributed by atoms with E-state index >= 15 is 4.39 Å². The van der Waals surface area contributed by atoms with Crippen LogP contribution in [0.25, 0.3) is 33.1 Å². The lowest BCUT2D eigenvalue weighted by atomic mass is 10.0. The topological polar surface area (TPSA) is 76.8 Å². The highest BCUT2D eigenvalue weighted by atomic mass is 35.5. The van der Waals surface area contributed by atoms with Gasteiger partial charge in [0.05, 0.1) is 34.7 Å². The number of benzene rings is 1. The van der Waals surface area contributed by atoms with Crippen LogP contribution in [0.2, 0.25) is 5.15 Å². The summed E-state index contributed by atoms with van der Waals surface area (Å²) in [5, 5.41) is 4.87. The first-order chi connectivity index (χ1) is 11.9. The smallest absolute Gasteiger partial charge is 0.175 e. The van der Waals surface area contributed by atoms with Gasteiger partial charge in [0.25, 0.3) is 0 Å². The van der Waals surface area contributed by atoms with E-state index in [0.717, 1.165) is 0 Å². The van der Waals surface area contributed by atoms with Gasteiger partial charge in [-0.25, -0.2) is 14.4 Å². The Labute approximate surface area is 147 Å². The summed E-state index contributed by atoms with van der Waals surface area (Å²) in [5.74, 6) is 0.650. The van der Waals surface area contributed by atoms with Crippen LogP contribution in [0.15, 0.2) is 10.6 Å². The molecule has 128 valence electrons. The molecule has 6 nitrogen and oxygen atoms in total. The Morgan fingerprint density at radius 2 is 1.96 bits per heavy atom. The molecule has 0 radical (unpaired) electrons. The molecule has 0 fully saturated rings. The van der Waals surface area contributed by atoms with Crippen molar-refractivity contribution in [1.82, 2.24) is 20.1 Å². The van der Waals surface area contributed by atoms with Crippen molar-refractivity contribution in [3.63, 3.8) is 0 Å². The summed E-state index contributed by atoms with van der Waals surface area (Å²) in [5.41, 5.74) is 2.93. The lowest BCUT2D eigenvalue weighted by molar-refractivity contribution is 0.389. The summed E-state index contributed by atoms with van der Waals surface area (Å²) in [6.45, 7) is 5.29. The second-order valence-corrected chi connectivity index (χ2v) is 6.16. The summed E-state index contributed by atoms with van der Waals surface area (Å²) in [4.78, 5) is 11.5. The number of hydrogen-bond donors (Lipinski definition) is 1. The number of halogens is 2. The number of nitrogens with one attached hydrogen (secondary N) is 1. The van der Waals surface area contributed by atoms with Crippen molar-refractivity contribution in [1.29, 1.82) is 0 Å². The fourth-order valence-corrected chi connectivity index (χ4v) is 3.51. The van der Waals surface area contributed by atoms with E-state index in [1.165, 1.54) is 7.11 Å². The number of fused-ring (bicyclic) bond motifs is 3. The van der Waals surface area contributed by atoms with Crippen molar-refractivity contribution < 1.29 is 13.7 Å². The normalized spacial score (nSPS) is 11.6. The molecule has 8 heteroatoms. The first kappa shape index (κ1) is 15.8. The van der Waals surface area contributed by atoms with Crippen molar-refractivity contribution in [2.24, 2.45) is 0 Å². The minimum atomic E-state index is -0.532. The van der Waals surface area contributed by atoms with E-state index < -0.39 is 5.82 Å². The van der Waals surface area contributed by atoms with Gasteiger partial charge in [-0.05, 0) is 26.8 Å². The molecule has 4 rings (SSSR count). The molecule has 25 heavy (non-hydrogen) atoms. The zero-order valence-electron chi connectivity index (χ0n) is 14.0. The van der Waals surface area contributed by atoms with Gasteiger partial charge in [0.2, 0.25) is 0 Å². The zero-order valence-corrected chi connectivity index (χ0v) is 14.7. The number of H-pyrrole nitrogens is 1. The number of methoxy groups -OCH3 is 1. The fourth-order valence-electron chi connectivity index (χ4n) is 3.21. The maximum Gasteiger partial charge on any atom is 0.175 e. The molecular formula is C17H14ClFN4O2. The third-order valence-electron chi connectivity index (χ3n) is 4.21. The van der Waals surface area contributed by atoms with Gasteiger partial charge in [0.1, 0.15) is 22.4 Å². The van der Waals surface area contributed by atoms with E-state index in [4.69, 9.17) is 20.9 Å². The van der Waals surface area contributed by atoms with E-state index in [1.54, 1.807) is 26.8 Å². The van der Waals surface area contributed by atoms with Crippen LogP contribution < -0.4 is 4.74 Å². The average molecular weight is 361 g/mol. The predicted octanol–water partition coefficient (Wildman–Crippen LogP) is 4.49. The highest BCUT2D eigenvalue weighted by Crippen LogP contribution is 2.42. The molecular weight excluding hydrogens is 347 g/mol. The molecule has 1 N–H and O–H groups in total. The van der Waals surface area contributed by atoms with Crippen LogP contribution in [-0.2, 0) is 0 Å². The van der Waals surface area contributed by atoms with Gasteiger partial charge in [0, 0.05) is 5.56 Å². The molecule has 0 aliphatic heterocycles. The molecule has 4 aromatic rings. The zero-order chi connectivity index (χ0) is 17.9. The lowest BCUT2D eigenvalue weighted by Gasteiger charge is -2.10. The monoisotopic (exact) mass is 360 g/mol. The van der Waals surface area contributed by atoms with Crippen LogP contribution in [0.5, 0.6) is 5.75 Å². The Balaban J connectivity index is 2.17. The van der Waals surface area contributed by atoms with E-state index in [-0.39, 0.29) is 10.9 Å². The molecule has 1 aromatic carbocycles. The molecule has 0 aliphatic rings. The number of aryl methyl sites for hydroxylation is 3. The summed E-state index contributed by atoms with van der Waals surface area (Å²) < 4.78 is 25.9. The molecule has 0 saturated carbocycles. The molecule has 3 aromatic heterocycles. The summed E-state index contributed by atoms with van der Waals surface area (Å²) in [7, 11) is 1.42. The van der Waals surface area contributed by atoms with E-state index in [2.05, 4.69) is 20.1 Å². The summed E-state index contributed by atoms with van der Waals surface area (Å²) in [6, 6.07) is 1.79. The highest BCUT2D eigenvalue weighted by Gasteiger charge is 2.24. The van der Waals surface area contributed by atoms with Crippen LogP contribution in [0, 0.1) is 26.6 Å². The predicted molar refractivity (Wildman–Crippen MR) is 92.6 cm³/mol. The van der Waals surface area contributed by atoms with Gasteiger partial charge in [-0.3, -0.25) is 0 Å². The van der Waals surface area contributed by atoms with Crippen LogP contribution in [0.3, 0.4) is 0 Å². The molecule has 0 aliphatic carbocycles. The number of ether oxygens (including phenoxy) is 1. The SMILES string of the molecule is COc1c(-c2c(C)noc2C)cc2[nH]c3nc(C)nc(Cl)c3c2c1F. The van der Waals surface area contributed by atoms with Gasteiger partial charge in [-0.15, -0.1) is 0 Å². The van der Waals surface area contributed by atoms with Gasteiger partial charge >= 0.3 is 0 Å². The number of hydrogen-bond acceptors (Lipinski definition) is 5. The molecule has 0 saturated heterocycles. The summed E-state index contributed by atoms with van der Waals surface area (Å²) >= 11 is 6.24. The Morgan fingerprint density at radius 3 is 2.60 bits per heavy atom. The number of nitrogens with zero attached hydrogens (tertiary/aromatic N) is 3. The molecule has 0 unspecified atom stereocenters. The minimum Gasteiger partial charge on any atom is -0.493 e. The Bertz CT molecular complexity index is 1130. The third kappa shape index (κ3) is 2.19. The Morgan fingerprint density at radius 1 is 1.20 bits per heavy atom. The van der Waals surface area contributed by atoms with E-state index in [9.17, 15) is 0 Å². The van der Waals surface area contributed by atoms with E-state index in [1.807, 2.05) is 0 Å². The van der Waals surface area contributed by atoms with Crippen molar-refractivity contribution in [3.8, 4) is 16.9 Å². The highest BCUT2D eigenvalue weighted by molar-refractivity contribution is 6.36. The minimum absolute atomic E-state index is 0.0967. The van der Waals surface area contributed by atoms with Crippen LogP contribution in [0.4, 0.5) is 4.39 Å². The second-order valence-electron chi connectivity index (χ2n) is 5.80. The molecule has 0 amide bonds.